The molecule has 0 amide bonds. The minimum atomic E-state index is -0.230. The zero-order valence-electron chi connectivity index (χ0n) is 11.0. The summed E-state index contributed by atoms with van der Waals surface area (Å²) in [6.45, 7) is 1.94. The third-order valence-corrected chi connectivity index (χ3v) is 3.72. The van der Waals surface area contributed by atoms with Crippen LogP contribution in [0.15, 0.2) is 30.7 Å². The molecule has 1 saturated carbocycles. The number of rotatable bonds is 2. The molecule has 4 nitrogen and oxygen atoms in total. The molecule has 1 aliphatic rings. The van der Waals surface area contributed by atoms with Gasteiger partial charge in [0.15, 0.2) is 0 Å². The van der Waals surface area contributed by atoms with Crippen LogP contribution in [0.2, 0.25) is 0 Å². The number of aromatic nitrogens is 4. The van der Waals surface area contributed by atoms with Gasteiger partial charge >= 0.3 is 0 Å². The number of nitrogens with zero attached hydrogens (tertiary/aromatic N) is 4. The van der Waals surface area contributed by atoms with Crippen LogP contribution in [0.5, 0.6) is 0 Å². The van der Waals surface area contributed by atoms with Gasteiger partial charge in [-0.05, 0) is 38.0 Å². The van der Waals surface area contributed by atoms with Crippen LogP contribution in [0.3, 0.4) is 0 Å². The quantitative estimate of drug-likeness (QED) is 0.716. The zero-order chi connectivity index (χ0) is 13.7. The molecule has 0 N–H and O–H groups in total. The van der Waals surface area contributed by atoms with Crippen molar-refractivity contribution in [1.29, 1.82) is 0 Å². The lowest BCUT2D eigenvalue weighted by Gasteiger charge is -2.08. The normalized spacial score (nSPS) is 14.9. The molecular formula is C15H13FN4. The van der Waals surface area contributed by atoms with Crippen LogP contribution in [-0.4, -0.2) is 19.5 Å². The first kappa shape index (κ1) is 11.5. The Balaban J connectivity index is 2.04. The van der Waals surface area contributed by atoms with E-state index in [9.17, 15) is 4.39 Å². The number of hydrogen-bond acceptors (Lipinski definition) is 3. The number of benzene rings is 1. The van der Waals surface area contributed by atoms with E-state index in [-0.39, 0.29) is 5.82 Å². The molecule has 3 aromatic rings. The molecular weight excluding hydrogens is 255 g/mol. The van der Waals surface area contributed by atoms with Gasteiger partial charge in [-0.15, -0.1) is 0 Å². The van der Waals surface area contributed by atoms with Crippen LogP contribution < -0.4 is 0 Å². The van der Waals surface area contributed by atoms with E-state index < -0.39 is 0 Å². The van der Waals surface area contributed by atoms with E-state index >= 15 is 0 Å². The third kappa shape index (κ3) is 1.70. The maximum Gasteiger partial charge on any atom is 0.144 e. The Bertz CT molecular complexity index is 805. The maximum absolute atomic E-state index is 13.5. The summed E-state index contributed by atoms with van der Waals surface area (Å²) in [5, 5.41) is 0. The summed E-state index contributed by atoms with van der Waals surface area (Å²) in [6, 6.07) is 5.15. The van der Waals surface area contributed by atoms with Crippen LogP contribution >= 0.6 is 0 Å². The maximum atomic E-state index is 13.5. The van der Waals surface area contributed by atoms with E-state index in [0.29, 0.717) is 6.04 Å². The largest absolute Gasteiger partial charge is 0.321 e. The molecule has 5 heteroatoms. The second kappa shape index (κ2) is 4.10. The predicted molar refractivity (Wildman–Crippen MR) is 73.7 cm³/mol. The zero-order valence-corrected chi connectivity index (χ0v) is 11.0. The van der Waals surface area contributed by atoms with Crippen molar-refractivity contribution in [3.63, 3.8) is 0 Å². The Morgan fingerprint density at radius 3 is 2.90 bits per heavy atom. The standard InChI is InChI=1S/C15H13FN4/c1-9-12(7-17-8-18-9)15-19-13-5-2-10(16)6-14(13)20(15)11-3-4-11/h2,5-8,11H,3-4H2,1H3. The number of fused-ring (bicyclic) bond motifs is 1. The molecule has 4 rings (SSSR count). The van der Waals surface area contributed by atoms with E-state index in [4.69, 9.17) is 0 Å². The molecule has 0 atom stereocenters. The second-order valence-corrected chi connectivity index (χ2v) is 5.19. The summed E-state index contributed by atoms with van der Waals surface area (Å²) in [7, 11) is 0. The summed E-state index contributed by atoms with van der Waals surface area (Å²) < 4.78 is 15.7. The van der Waals surface area contributed by atoms with E-state index in [2.05, 4.69) is 19.5 Å². The van der Waals surface area contributed by atoms with Crippen molar-refractivity contribution in [2.24, 2.45) is 0 Å². The molecule has 100 valence electrons. The van der Waals surface area contributed by atoms with Crippen molar-refractivity contribution >= 4 is 11.0 Å². The molecule has 20 heavy (non-hydrogen) atoms. The monoisotopic (exact) mass is 268 g/mol. The first-order valence-electron chi connectivity index (χ1n) is 6.68. The van der Waals surface area contributed by atoms with Crippen LogP contribution in [0.1, 0.15) is 24.6 Å². The molecule has 1 aromatic carbocycles. The van der Waals surface area contributed by atoms with Gasteiger partial charge in [0.05, 0.1) is 22.3 Å². The van der Waals surface area contributed by atoms with Gasteiger partial charge in [0.25, 0.3) is 0 Å². The number of imidazole rings is 1. The number of aryl methyl sites for hydroxylation is 1. The van der Waals surface area contributed by atoms with Crippen molar-refractivity contribution < 1.29 is 4.39 Å². The Morgan fingerprint density at radius 1 is 1.30 bits per heavy atom. The Labute approximate surface area is 115 Å². The molecule has 0 aliphatic heterocycles. The molecule has 2 heterocycles. The molecule has 1 fully saturated rings. The minimum Gasteiger partial charge on any atom is -0.321 e. The van der Waals surface area contributed by atoms with Gasteiger partial charge in [-0.25, -0.2) is 19.3 Å². The van der Waals surface area contributed by atoms with Crippen LogP contribution in [0, 0.1) is 12.7 Å². The van der Waals surface area contributed by atoms with E-state index in [1.54, 1.807) is 18.3 Å². The van der Waals surface area contributed by atoms with Gasteiger partial charge in [-0.2, -0.15) is 0 Å². The lowest BCUT2D eigenvalue weighted by molar-refractivity contribution is 0.628. The Morgan fingerprint density at radius 2 is 2.15 bits per heavy atom. The minimum absolute atomic E-state index is 0.230. The van der Waals surface area contributed by atoms with Crippen molar-refractivity contribution in [2.45, 2.75) is 25.8 Å². The predicted octanol–water partition coefficient (Wildman–Crippen LogP) is 3.28. The average Bonchev–Trinajstić information content (AvgIpc) is 3.20. The Kier molecular flexibility index (Phi) is 2.36. The molecule has 0 spiro atoms. The smallest absolute Gasteiger partial charge is 0.144 e. The fourth-order valence-electron chi connectivity index (χ4n) is 2.57. The van der Waals surface area contributed by atoms with Gasteiger partial charge in [0.2, 0.25) is 0 Å². The highest BCUT2D eigenvalue weighted by molar-refractivity contribution is 5.81. The molecule has 2 aromatic heterocycles. The highest BCUT2D eigenvalue weighted by Crippen LogP contribution is 2.41. The lowest BCUT2D eigenvalue weighted by Crippen LogP contribution is -2.00. The summed E-state index contributed by atoms with van der Waals surface area (Å²) in [6.07, 6.45) is 5.53. The lowest BCUT2D eigenvalue weighted by atomic mass is 10.2. The van der Waals surface area contributed by atoms with Crippen LogP contribution in [-0.2, 0) is 0 Å². The summed E-state index contributed by atoms with van der Waals surface area (Å²) in [4.78, 5) is 13.0. The molecule has 0 radical (unpaired) electrons. The van der Waals surface area contributed by atoms with Crippen molar-refractivity contribution in [3.05, 3.63) is 42.2 Å². The SMILES string of the molecule is Cc1ncncc1-c1nc2ccc(F)cc2n1C1CC1. The fraction of sp³-hybridized carbons (Fsp3) is 0.267. The molecule has 0 bridgehead atoms. The van der Waals surface area contributed by atoms with Crippen molar-refractivity contribution in [3.8, 4) is 11.4 Å². The average molecular weight is 268 g/mol. The second-order valence-electron chi connectivity index (χ2n) is 5.19. The summed E-state index contributed by atoms with van der Waals surface area (Å²) in [5.74, 6) is 0.609. The topological polar surface area (TPSA) is 43.6 Å². The van der Waals surface area contributed by atoms with Gasteiger partial charge in [0.1, 0.15) is 18.0 Å². The molecule has 1 aliphatic carbocycles. The van der Waals surface area contributed by atoms with E-state index in [0.717, 1.165) is 41.0 Å². The highest BCUT2D eigenvalue weighted by Gasteiger charge is 2.29. The van der Waals surface area contributed by atoms with Crippen LogP contribution in [0.4, 0.5) is 4.39 Å². The first-order chi connectivity index (χ1) is 9.74. The van der Waals surface area contributed by atoms with Gasteiger partial charge in [-0.1, -0.05) is 0 Å². The van der Waals surface area contributed by atoms with E-state index in [1.165, 1.54) is 12.4 Å². The van der Waals surface area contributed by atoms with E-state index in [1.807, 2.05) is 6.92 Å². The number of hydrogen-bond donors (Lipinski definition) is 0. The molecule has 0 unspecified atom stereocenters. The van der Waals surface area contributed by atoms with Gasteiger partial charge in [0, 0.05) is 12.2 Å². The molecule has 0 saturated heterocycles. The highest BCUT2D eigenvalue weighted by atomic mass is 19.1. The van der Waals surface area contributed by atoms with Gasteiger partial charge < -0.3 is 4.57 Å². The summed E-state index contributed by atoms with van der Waals surface area (Å²) >= 11 is 0. The fourth-order valence-corrected chi connectivity index (χ4v) is 2.57. The van der Waals surface area contributed by atoms with Crippen molar-refractivity contribution in [2.75, 3.05) is 0 Å². The van der Waals surface area contributed by atoms with Crippen molar-refractivity contribution in [1.82, 2.24) is 19.5 Å². The third-order valence-electron chi connectivity index (χ3n) is 3.72. The van der Waals surface area contributed by atoms with Crippen LogP contribution in [0.25, 0.3) is 22.4 Å². The Hall–Kier alpha value is -2.30. The van der Waals surface area contributed by atoms with Gasteiger partial charge in [-0.3, -0.25) is 0 Å². The number of halogens is 1. The first-order valence-corrected chi connectivity index (χ1v) is 6.68. The summed E-state index contributed by atoms with van der Waals surface area (Å²) in [5.41, 5.74) is 3.47.